The zero-order chi connectivity index (χ0) is 15.3. The molecule has 0 bridgehead atoms. The van der Waals surface area contributed by atoms with Crippen LogP contribution in [0.2, 0.25) is 0 Å². The third-order valence-electron chi connectivity index (χ3n) is 4.45. The maximum Gasteiger partial charge on any atom is 0.310 e. The van der Waals surface area contributed by atoms with Gasteiger partial charge in [-0.1, -0.05) is 26.7 Å². The lowest BCUT2D eigenvalue weighted by molar-refractivity contribution is -0.151. The Kier molecular flexibility index (Phi) is 5.99. The number of carbonyl (C=O) groups excluding carboxylic acids is 1. The van der Waals surface area contributed by atoms with Gasteiger partial charge in [-0.3, -0.25) is 9.59 Å². The van der Waals surface area contributed by atoms with Gasteiger partial charge in [0, 0.05) is 19.0 Å². The molecule has 2 N–H and O–H groups in total. The lowest BCUT2D eigenvalue weighted by Crippen LogP contribution is -2.45. The van der Waals surface area contributed by atoms with Gasteiger partial charge in [-0.15, -0.1) is 0 Å². The average Bonchev–Trinajstić information content (AvgIpc) is 2.77. The van der Waals surface area contributed by atoms with Crippen molar-refractivity contribution in [3.63, 3.8) is 0 Å². The summed E-state index contributed by atoms with van der Waals surface area (Å²) in [5.74, 6) is -0.523. The van der Waals surface area contributed by atoms with E-state index in [1.165, 1.54) is 0 Å². The molecule has 0 aromatic rings. The van der Waals surface area contributed by atoms with Gasteiger partial charge in [-0.2, -0.15) is 0 Å². The van der Waals surface area contributed by atoms with Crippen LogP contribution in [0.15, 0.2) is 0 Å². The van der Waals surface area contributed by atoms with Crippen LogP contribution in [0.1, 0.15) is 46.0 Å². The SMILES string of the molecule is CC(C)C(CNC(=O)CC1(C(=O)O)CCCC1)N(C)C. The van der Waals surface area contributed by atoms with Gasteiger partial charge in [-0.25, -0.2) is 0 Å². The number of likely N-dealkylation sites (N-methyl/N-ethyl adjacent to an activating group) is 1. The highest BCUT2D eigenvalue weighted by atomic mass is 16.4. The molecule has 1 aliphatic rings. The van der Waals surface area contributed by atoms with E-state index in [9.17, 15) is 14.7 Å². The fourth-order valence-electron chi connectivity index (χ4n) is 3.12. The maximum absolute atomic E-state index is 12.1. The summed E-state index contributed by atoms with van der Waals surface area (Å²) in [5.41, 5.74) is -0.824. The molecule has 1 saturated carbocycles. The Morgan fingerprint density at radius 2 is 1.80 bits per heavy atom. The quantitative estimate of drug-likeness (QED) is 0.747. The van der Waals surface area contributed by atoms with E-state index < -0.39 is 11.4 Å². The normalized spacial score (nSPS) is 19.3. The monoisotopic (exact) mass is 284 g/mol. The summed E-state index contributed by atoms with van der Waals surface area (Å²) in [5, 5.41) is 12.3. The van der Waals surface area contributed by atoms with Gasteiger partial charge in [0.1, 0.15) is 0 Å². The van der Waals surface area contributed by atoms with Crippen LogP contribution in [0.3, 0.4) is 0 Å². The van der Waals surface area contributed by atoms with Crippen molar-refractivity contribution in [2.75, 3.05) is 20.6 Å². The summed E-state index contributed by atoms with van der Waals surface area (Å²) in [7, 11) is 3.99. The van der Waals surface area contributed by atoms with Crippen molar-refractivity contribution in [2.24, 2.45) is 11.3 Å². The molecule has 20 heavy (non-hydrogen) atoms. The second-order valence-electron chi connectivity index (χ2n) is 6.55. The molecule has 1 aliphatic carbocycles. The summed E-state index contributed by atoms with van der Waals surface area (Å²) in [4.78, 5) is 25.6. The van der Waals surface area contributed by atoms with E-state index in [1.54, 1.807) is 0 Å². The topological polar surface area (TPSA) is 69.6 Å². The van der Waals surface area contributed by atoms with Crippen LogP contribution >= 0.6 is 0 Å². The molecule has 0 spiro atoms. The van der Waals surface area contributed by atoms with Crippen LogP contribution in [0, 0.1) is 11.3 Å². The Labute approximate surface area is 121 Å². The van der Waals surface area contributed by atoms with Gasteiger partial charge in [0.2, 0.25) is 5.91 Å². The Morgan fingerprint density at radius 1 is 1.25 bits per heavy atom. The number of amides is 1. The van der Waals surface area contributed by atoms with Gasteiger partial charge in [0.05, 0.1) is 5.41 Å². The second kappa shape index (κ2) is 7.07. The Hall–Kier alpha value is -1.10. The molecule has 1 fully saturated rings. The lowest BCUT2D eigenvalue weighted by Gasteiger charge is -2.29. The molecule has 0 heterocycles. The van der Waals surface area contributed by atoms with Crippen molar-refractivity contribution in [3.05, 3.63) is 0 Å². The van der Waals surface area contributed by atoms with E-state index in [0.29, 0.717) is 25.3 Å². The smallest absolute Gasteiger partial charge is 0.310 e. The number of carboxylic acid groups (broad SMARTS) is 1. The first kappa shape index (κ1) is 17.0. The van der Waals surface area contributed by atoms with Crippen molar-refractivity contribution in [1.29, 1.82) is 0 Å². The number of aliphatic carboxylic acids is 1. The Balaban J connectivity index is 2.52. The molecular weight excluding hydrogens is 256 g/mol. The van der Waals surface area contributed by atoms with Gasteiger partial charge in [0.25, 0.3) is 0 Å². The van der Waals surface area contributed by atoms with Crippen LogP contribution in [0.5, 0.6) is 0 Å². The largest absolute Gasteiger partial charge is 0.481 e. The molecule has 0 aromatic heterocycles. The first-order valence-corrected chi connectivity index (χ1v) is 7.45. The first-order chi connectivity index (χ1) is 9.28. The minimum absolute atomic E-state index is 0.112. The fourth-order valence-corrected chi connectivity index (χ4v) is 3.12. The number of nitrogens with zero attached hydrogens (tertiary/aromatic N) is 1. The molecule has 0 aromatic carbocycles. The van der Waals surface area contributed by atoms with Crippen LogP contribution in [-0.4, -0.2) is 48.6 Å². The highest BCUT2D eigenvalue weighted by molar-refractivity contribution is 5.85. The number of hydrogen-bond acceptors (Lipinski definition) is 3. The molecule has 1 amide bonds. The summed E-state index contributed by atoms with van der Waals surface area (Å²) in [6.45, 7) is 4.80. The van der Waals surface area contributed by atoms with Crippen LogP contribution in [-0.2, 0) is 9.59 Å². The van der Waals surface area contributed by atoms with Crippen molar-refractivity contribution in [3.8, 4) is 0 Å². The highest BCUT2D eigenvalue weighted by Crippen LogP contribution is 2.41. The van der Waals surface area contributed by atoms with Crippen LogP contribution in [0.4, 0.5) is 0 Å². The molecule has 0 saturated heterocycles. The van der Waals surface area contributed by atoms with E-state index in [0.717, 1.165) is 12.8 Å². The van der Waals surface area contributed by atoms with Crippen LogP contribution in [0.25, 0.3) is 0 Å². The third kappa shape index (κ3) is 4.20. The minimum atomic E-state index is -0.824. The molecule has 1 rings (SSSR count). The van der Waals surface area contributed by atoms with E-state index in [-0.39, 0.29) is 18.4 Å². The molecule has 5 nitrogen and oxygen atoms in total. The zero-order valence-corrected chi connectivity index (χ0v) is 13.1. The molecule has 5 heteroatoms. The Bertz CT molecular complexity index is 339. The molecule has 1 atom stereocenters. The number of carboxylic acids is 1. The molecule has 116 valence electrons. The molecular formula is C15H28N2O3. The van der Waals surface area contributed by atoms with E-state index in [1.807, 2.05) is 14.1 Å². The summed E-state index contributed by atoms with van der Waals surface area (Å²) >= 11 is 0. The van der Waals surface area contributed by atoms with Gasteiger partial charge >= 0.3 is 5.97 Å². The van der Waals surface area contributed by atoms with Gasteiger partial charge in [-0.05, 0) is 32.9 Å². The summed E-state index contributed by atoms with van der Waals surface area (Å²) in [6, 6.07) is 0.267. The summed E-state index contributed by atoms with van der Waals surface area (Å²) in [6.07, 6.45) is 3.17. The fraction of sp³-hybridized carbons (Fsp3) is 0.867. The molecule has 1 unspecified atom stereocenters. The number of nitrogens with one attached hydrogen (secondary N) is 1. The predicted octanol–water partition coefficient (Wildman–Crippen LogP) is 1.72. The number of hydrogen-bond donors (Lipinski definition) is 2. The minimum Gasteiger partial charge on any atom is -0.481 e. The van der Waals surface area contributed by atoms with Crippen molar-refractivity contribution in [2.45, 2.75) is 52.0 Å². The van der Waals surface area contributed by atoms with Gasteiger partial charge in [0.15, 0.2) is 0 Å². The molecule has 0 radical (unpaired) electrons. The maximum atomic E-state index is 12.1. The summed E-state index contributed by atoms with van der Waals surface area (Å²) < 4.78 is 0. The van der Waals surface area contributed by atoms with Crippen molar-refractivity contribution < 1.29 is 14.7 Å². The lowest BCUT2D eigenvalue weighted by atomic mass is 9.82. The molecule has 0 aliphatic heterocycles. The first-order valence-electron chi connectivity index (χ1n) is 7.45. The number of carbonyl (C=O) groups is 2. The van der Waals surface area contributed by atoms with Crippen LogP contribution < -0.4 is 5.32 Å². The zero-order valence-electron chi connectivity index (χ0n) is 13.1. The third-order valence-corrected chi connectivity index (χ3v) is 4.45. The van der Waals surface area contributed by atoms with Crippen molar-refractivity contribution in [1.82, 2.24) is 10.2 Å². The Morgan fingerprint density at radius 3 is 2.20 bits per heavy atom. The predicted molar refractivity (Wildman–Crippen MR) is 78.5 cm³/mol. The van der Waals surface area contributed by atoms with Crippen molar-refractivity contribution >= 4 is 11.9 Å². The van der Waals surface area contributed by atoms with E-state index >= 15 is 0 Å². The standard InChI is InChI=1S/C15H28N2O3/c1-11(2)12(17(3)4)10-16-13(18)9-15(14(19)20)7-5-6-8-15/h11-12H,5-10H2,1-4H3,(H,16,18)(H,19,20). The average molecular weight is 284 g/mol. The van der Waals surface area contributed by atoms with E-state index in [2.05, 4.69) is 24.1 Å². The number of rotatable bonds is 7. The second-order valence-corrected chi connectivity index (χ2v) is 6.55. The van der Waals surface area contributed by atoms with Gasteiger partial charge < -0.3 is 15.3 Å². The van der Waals surface area contributed by atoms with E-state index in [4.69, 9.17) is 0 Å². The highest BCUT2D eigenvalue weighted by Gasteiger charge is 2.42.